The summed E-state index contributed by atoms with van der Waals surface area (Å²) in [4.78, 5) is 25.2. The molecule has 1 heterocycles. The van der Waals surface area contributed by atoms with E-state index in [4.69, 9.17) is 9.84 Å². The third-order valence-electron chi connectivity index (χ3n) is 4.35. The number of methoxy groups -OCH3 is 1. The highest BCUT2D eigenvalue weighted by Gasteiger charge is 2.27. The number of carboxylic acids is 1. The van der Waals surface area contributed by atoms with E-state index in [1.165, 1.54) is 0 Å². The normalized spacial score (nSPS) is 17.1. The number of hydrogen-bond acceptors (Lipinski definition) is 3. The highest BCUT2D eigenvalue weighted by Crippen LogP contribution is 2.26. The first-order valence-corrected chi connectivity index (χ1v) is 7.65. The van der Waals surface area contributed by atoms with Crippen molar-refractivity contribution in [1.29, 1.82) is 0 Å². The highest BCUT2D eigenvalue weighted by atomic mass is 16.5. The molecule has 0 spiro atoms. The molecule has 1 aromatic rings. The average Bonchev–Trinajstić information content (AvgIpc) is 2.53. The van der Waals surface area contributed by atoms with Crippen LogP contribution >= 0.6 is 0 Å². The number of carbonyl (C=O) groups excluding carboxylic acids is 1. The third kappa shape index (κ3) is 4.00. The van der Waals surface area contributed by atoms with Gasteiger partial charge >= 0.3 is 5.97 Å². The minimum atomic E-state index is -0.755. The number of likely N-dealkylation sites (tertiary alicyclic amines) is 1. The van der Waals surface area contributed by atoms with Gasteiger partial charge in [0.15, 0.2) is 0 Å². The van der Waals surface area contributed by atoms with Crippen LogP contribution in [0.3, 0.4) is 0 Å². The second-order valence-corrected chi connectivity index (χ2v) is 5.86. The molecule has 2 rings (SSSR count). The highest BCUT2D eigenvalue weighted by molar-refractivity contribution is 5.83. The van der Waals surface area contributed by atoms with E-state index in [0.29, 0.717) is 13.1 Å². The Bertz CT molecular complexity index is 535. The van der Waals surface area contributed by atoms with E-state index in [0.717, 1.165) is 24.2 Å². The van der Waals surface area contributed by atoms with Gasteiger partial charge in [0.2, 0.25) is 5.91 Å². The standard InChI is InChI=1S/C17H23NO4/c1-12(14-4-3-5-15(11-14)22-2)17(21)18-8-6-13(7-9-18)10-16(19)20/h3-5,11-13H,6-10H2,1-2H3,(H,19,20). The summed E-state index contributed by atoms with van der Waals surface area (Å²) in [6.07, 6.45) is 1.74. The molecule has 0 radical (unpaired) electrons. The van der Waals surface area contributed by atoms with Gasteiger partial charge in [-0.05, 0) is 43.4 Å². The van der Waals surface area contributed by atoms with E-state index < -0.39 is 5.97 Å². The number of carboxylic acid groups (broad SMARTS) is 1. The van der Waals surface area contributed by atoms with Crippen molar-refractivity contribution in [2.75, 3.05) is 20.2 Å². The number of hydrogen-bond donors (Lipinski definition) is 1. The van der Waals surface area contributed by atoms with Crippen LogP contribution in [0.4, 0.5) is 0 Å². The first kappa shape index (κ1) is 16.3. The molecule has 0 saturated carbocycles. The Hall–Kier alpha value is -2.04. The lowest BCUT2D eigenvalue weighted by molar-refractivity contribution is -0.138. The van der Waals surface area contributed by atoms with Crippen LogP contribution < -0.4 is 4.74 Å². The molecule has 1 saturated heterocycles. The van der Waals surface area contributed by atoms with Crippen LogP contribution in [0.5, 0.6) is 5.75 Å². The van der Waals surface area contributed by atoms with Crippen molar-refractivity contribution in [1.82, 2.24) is 4.90 Å². The van der Waals surface area contributed by atoms with Crippen LogP contribution in [-0.4, -0.2) is 42.1 Å². The number of amides is 1. The largest absolute Gasteiger partial charge is 0.497 e. The van der Waals surface area contributed by atoms with Crippen LogP contribution in [0.25, 0.3) is 0 Å². The molecule has 1 amide bonds. The Morgan fingerprint density at radius 2 is 2.05 bits per heavy atom. The van der Waals surface area contributed by atoms with Crippen LogP contribution in [0, 0.1) is 5.92 Å². The molecular weight excluding hydrogens is 282 g/mol. The Morgan fingerprint density at radius 1 is 1.36 bits per heavy atom. The first-order chi connectivity index (χ1) is 10.5. The predicted molar refractivity (Wildman–Crippen MR) is 83.0 cm³/mol. The molecule has 0 aliphatic carbocycles. The Morgan fingerprint density at radius 3 is 2.64 bits per heavy atom. The molecule has 120 valence electrons. The molecule has 1 aromatic carbocycles. The summed E-state index contributed by atoms with van der Waals surface area (Å²) in [5.74, 6) is 0.0636. The van der Waals surface area contributed by atoms with Crippen LogP contribution in [-0.2, 0) is 9.59 Å². The van der Waals surface area contributed by atoms with Crippen molar-refractivity contribution in [3.05, 3.63) is 29.8 Å². The zero-order valence-electron chi connectivity index (χ0n) is 13.1. The lowest BCUT2D eigenvalue weighted by atomic mass is 9.92. The van der Waals surface area contributed by atoms with Crippen molar-refractivity contribution in [3.63, 3.8) is 0 Å². The van der Waals surface area contributed by atoms with Gasteiger partial charge in [-0.3, -0.25) is 9.59 Å². The maximum atomic E-state index is 12.6. The Labute approximate surface area is 130 Å². The van der Waals surface area contributed by atoms with Crippen molar-refractivity contribution >= 4 is 11.9 Å². The minimum Gasteiger partial charge on any atom is -0.497 e. The number of aliphatic carboxylic acids is 1. The first-order valence-electron chi connectivity index (χ1n) is 7.65. The molecule has 5 heteroatoms. The van der Waals surface area contributed by atoms with E-state index in [2.05, 4.69) is 0 Å². The zero-order chi connectivity index (χ0) is 16.1. The number of piperidine rings is 1. The van der Waals surface area contributed by atoms with Crippen molar-refractivity contribution in [3.8, 4) is 5.75 Å². The van der Waals surface area contributed by atoms with E-state index in [1.807, 2.05) is 36.1 Å². The summed E-state index contributed by atoms with van der Waals surface area (Å²) in [6.45, 7) is 3.19. The predicted octanol–water partition coefficient (Wildman–Crippen LogP) is 2.51. The number of nitrogens with zero attached hydrogens (tertiary/aromatic N) is 1. The summed E-state index contributed by atoms with van der Waals surface area (Å²) in [6, 6.07) is 7.57. The number of ether oxygens (including phenoxy) is 1. The number of benzene rings is 1. The fraction of sp³-hybridized carbons (Fsp3) is 0.529. The van der Waals surface area contributed by atoms with Gasteiger partial charge in [-0.15, -0.1) is 0 Å². The van der Waals surface area contributed by atoms with E-state index in [-0.39, 0.29) is 24.2 Å². The smallest absolute Gasteiger partial charge is 0.303 e. The number of rotatable bonds is 5. The summed E-state index contributed by atoms with van der Waals surface area (Å²) < 4.78 is 5.20. The Balaban J connectivity index is 1.95. The van der Waals surface area contributed by atoms with Crippen molar-refractivity contribution in [2.45, 2.75) is 32.1 Å². The zero-order valence-corrected chi connectivity index (χ0v) is 13.1. The molecule has 0 aromatic heterocycles. The third-order valence-corrected chi connectivity index (χ3v) is 4.35. The monoisotopic (exact) mass is 305 g/mol. The van der Waals surface area contributed by atoms with Crippen LogP contribution in [0.1, 0.15) is 37.7 Å². The lowest BCUT2D eigenvalue weighted by Crippen LogP contribution is -2.40. The molecule has 5 nitrogen and oxygen atoms in total. The minimum absolute atomic E-state index is 0.0991. The fourth-order valence-corrected chi connectivity index (χ4v) is 2.93. The van der Waals surface area contributed by atoms with Gasteiger partial charge in [0.1, 0.15) is 5.75 Å². The van der Waals surface area contributed by atoms with Crippen molar-refractivity contribution in [2.24, 2.45) is 5.92 Å². The van der Waals surface area contributed by atoms with Gasteiger partial charge in [-0.2, -0.15) is 0 Å². The second kappa shape index (κ2) is 7.29. The molecule has 22 heavy (non-hydrogen) atoms. The maximum absolute atomic E-state index is 12.6. The molecule has 1 atom stereocenters. The van der Waals surface area contributed by atoms with Gasteiger partial charge in [-0.25, -0.2) is 0 Å². The van der Waals surface area contributed by atoms with E-state index in [9.17, 15) is 9.59 Å². The summed E-state index contributed by atoms with van der Waals surface area (Å²) in [5, 5.41) is 8.83. The molecular formula is C17H23NO4. The molecule has 1 fully saturated rings. The van der Waals surface area contributed by atoms with Gasteiger partial charge < -0.3 is 14.7 Å². The van der Waals surface area contributed by atoms with Gasteiger partial charge in [0, 0.05) is 19.5 Å². The van der Waals surface area contributed by atoms with Crippen LogP contribution in [0.15, 0.2) is 24.3 Å². The van der Waals surface area contributed by atoms with Crippen LogP contribution in [0.2, 0.25) is 0 Å². The van der Waals surface area contributed by atoms with E-state index >= 15 is 0 Å². The SMILES string of the molecule is COc1cccc(C(C)C(=O)N2CCC(CC(=O)O)CC2)c1. The molecule has 1 unspecified atom stereocenters. The lowest BCUT2D eigenvalue weighted by Gasteiger charge is -2.33. The molecule has 1 aliphatic rings. The fourth-order valence-electron chi connectivity index (χ4n) is 2.93. The summed E-state index contributed by atoms with van der Waals surface area (Å²) >= 11 is 0. The second-order valence-electron chi connectivity index (χ2n) is 5.86. The van der Waals surface area contributed by atoms with Gasteiger partial charge in [-0.1, -0.05) is 12.1 Å². The quantitative estimate of drug-likeness (QED) is 0.907. The summed E-state index contributed by atoms with van der Waals surface area (Å²) in [5.41, 5.74) is 0.942. The topological polar surface area (TPSA) is 66.8 Å². The molecule has 1 N–H and O–H groups in total. The average molecular weight is 305 g/mol. The maximum Gasteiger partial charge on any atom is 0.303 e. The van der Waals surface area contributed by atoms with Gasteiger partial charge in [0.25, 0.3) is 0 Å². The number of carbonyl (C=O) groups is 2. The van der Waals surface area contributed by atoms with Crippen molar-refractivity contribution < 1.29 is 19.4 Å². The molecule has 1 aliphatic heterocycles. The molecule has 0 bridgehead atoms. The van der Waals surface area contributed by atoms with E-state index in [1.54, 1.807) is 7.11 Å². The Kier molecular flexibility index (Phi) is 5.41. The summed E-state index contributed by atoms with van der Waals surface area (Å²) in [7, 11) is 1.61. The van der Waals surface area contributed by atoms with Gasteiger partial charge in [0.05, 0.1) is 13.0 Å².